The lowest BCUT2D eigenvalue weighted by molar-refractivity contribution is -0.139. The molecule has 1 aliphatic rings. The molecule has 8 heteroatoms. The predicted molar refractivity (Wildman–Crippen MR) is 94.4 cm³/mol. The third kappa shape index (κ3) is 3.72. The zero-order valence-corrected chi connectivity index (χ0v) is 15.2. The van der Waals surface area contributed by atoms with Gasteiger partial charge in [-0.2, -0.15) is 0 Å². The number of halogens is 2. The number of nitrogens with zero attached hydrogens (tertiary/aromatic N) is 1. The predicted octanol–water partition coefficient (Wildman–Crippen LogP) is 3.37. The van der Waals surface area contributed by atoms with Crippen molar-refractivity contribution in [3.05, 3.63) is 58.7 Å². The van der Waals surface area contributed by atoms with Gasteiger partial charge in [-0.05, 0) is 31.2 Å². The van der Waals surface area contributed by atoms with Crippen molar-refractivity contribution in [2.24, 2.45) is 0 Å². The number of rotatable bonds is 5. The van der Waals surface area contributed by atoms with Gasteiger partial charge < -0.3 is 19.1 Å². The third-order valence-electron chi connectivity index (χ3n) is 3.47. The molecule has 1 aromatic carbocycles. The summed E-state index contributed by atoms with van der Waals surface area (Å²) in [5, 5.41) is 0.0850. The van der Waals surface area contributed by atoms with E-state index in [9.17, 15) is 14.0 Å². The SMILES string of the molecule is CCOc1c(Cl)ccc(N2C=CC=CC(C(=O)OC)=C2C(=O)OC)c1F. The van der Waals surface area contributed by atoms with Crippen LogP contribution in [0.25, 0.3) is 0 Å². The Balaban J connectivity index is 2.72. The number of allylic oxidation sites excluding steroid dienone is 2. The summed E-state index contributed by atoms with van der Waals surface area (Å²) in [4.78, 5) is 25.6. The van der Waals surface area contributed by atoms with Crippen LogP contribution in [0.15, 0.2) is 47.8 Å². The van der Waals surface area contributed by atoms with E-state index in [0.29, 0.717) is 0 Å². The van der Waals surface area contributed by atoms with E-state index in [-0.39, 0.29) is 34.3 Å². The zero-order valence-electron chi connectivity index (χ0n) is 14.4. The molecule has 0 saturated heterocycles. The lowest BCUT2D eigenvalue weighted by Gasteiger charge is -2.24. The average molecular weight is 382 g/mol. The van der Waals surface area contributed by atoms with E-state index >= 15 is 0 Å². The van der Waals surface area contributed by atoms with Crippen LogP contribution in [-0.2, 0) is 19.1 Å². The van der Waals surface area contributed by atoms with Crippen molar-refractivity contribution >= 4 is 29.2 Å². The standard InChI is InChI=1S/C18H17ClFNO5/c1-4-26-16-12(19)8-9-13(14(16)20)21-10-6-5-7-11(17(22)24-2)15(21)18(23)25-3/h5-10H,4H2,1-3H3. The Morgan fingerprint density at radius 3 is 2.46 bits per heavy atom. The molecule has 0 aromatic heterocycles. The lowest BCUT2D eigenvalue weighted by atomic mass is 10.1. The van der Waals surface area contributed by atoms with Crippen molar-refractivity contribution in [2.75, 3.05) is 25.7 Å². The number of methoxy groups -OCH3 is 2. The van der Waals surface area contributed by atoms with Gasteiger partial charge in [-0.15, -0.1) is 0 Å². The van der Waals surface area contributed by atoms with Gasteiger partial charge in [-0.1, -0.05) is 17.7 Å². The molecule has 1 aromatic rings. The molecule has 0 saturated carbocycles. The number of ether oxygens (including phenoxy) is 3. The highest BCUT2D eigenvalue weighted by atomic mass is 35.5. The van der Waals surface area contributed by atoms with Crippen molar-refractivity contribution in [1.29, 1.82) is 0 Å². The molecular formula is C18H17ClFNO5. The fraction of sp³-hybridized carbons (Fsp3) is 0.222. The van der Waals surface area contributed by atoms with Gasteiger partial charge >= 0.3 is 11.9 Å². The summed E-state index contributed by atoms with van der Waals surface area (Å²) in [5.74, 6) is -2.54. The second-order valence-corrected chi connectivity index (χ2v) is 5.37. The van der Waals surface area contributed by atoms with Gasteiger partial charge in [0.1, 0.15) is 5.70 Å². The number of carbonyl (C=O) groups excluding carboxylic acids is 2. The van der Waals surface area contributed by atoms with Crippen molar-refractivity contribution in [1.82, 2.24) is 0 Å². The fourth-order valence-corrected chi connectivity index (χ4v) is 2.54. The first-order valence-electron chi connectivity index (χ1n) is 7.62. The molecule has 0 radical (unpaired) electrons. The first kappa shape index (κ1) is 19.5. The highest BCUT2D eigenvalue weighted by molar-refractivity contribution is 6.32. The van der Waals surface area contributed by atoms with Gasteiger partial charge in [0.15, 0.2) is 11.6 Å². The summed E-state index contributed by atoms with van der Waals surface area (Å²) in [5.41, 5.74) is -0.329. The zero-order chi connectivity index (χ0) is 19.3. The molecule has 0 aliphatic carbocycles. The highest BCUT2D eigenvalue weighted by Gasteiger charge is 2.30. The van der Waals surface area contributed by atoms with E-state index < -0.39 is 17.8 Å². The second kappa shape index (κ2) is 8.53. The van der Waals surface area contributed by atoms with Crippen LogP contribution in [0.4, 0.5) is 10.1 Å². The van der Waals surface area contributed by atoms with Crippen LogP contribution < -0.4 is 9.64 Å². The van der Waals surface area contributed by atoms with Gasteiger partial charge in [0.05, 0.1) is 37.1 Å². The molecule has 1 heterocycles. The fourth-order valence-electron chi connectivity index (χ4n) is 2.34. The van der Waals surface area contributed by atoms with Crippen LogP contribution >= 0.6 is 11.6 Å². The molecular weight excluding hydrogens is 365 g/mol. The minimum Gasteiger partial charge on any atom is -0.489 e. The number of carbonyl (C=O) groups is 2. The molecule has 0 spiro atoms. The van der Waals surface area contributed by atoms with Crippen LogP contribution in [0.5, 0.6) is 5.75 Å². The van der Waals surface area contributed by atoms with Crippen LogP contribution in [0.3, 0.4) is 0 Å². The molecule has 138 valence electrons. The Bertz CT molecular complexity index is 816. The van der Waals surface area contributed by atoms with Crippen LogP contribution in [0.1, 0.15) is 6.92 Å². The van der Waals surface area contributed by atoms with Gasteiger partial charge in [0, 0.05) is 6.20 Å². The van der Waals surface area contributed by atoms with Gasteiger partial charge in [0.2, 0.25) is 0 Å². The minimum absolute atomic E-state index is 0.0420. The lowest BCUT2D eigenvalue weighted by Crippen LogP contribution is -2.27. The largest absolute Gasteiger partial charge is 0.489 e. The Labute approximate surface area is 155 Å². The van der Waals surface area contributed by atoms with E-state index in [0.717, 1.165) is 7.11 Å². The Morgan fingerprint density at radius 1 is 1.15 bits per heavy atom. The normalized spacial score (nSPS) is 13.5. The number of benzene rings is 1. The molecule has 0 bridgehead atoms. The van der Waals surface area contributed by atoms with Crippen molar-refractivity contribution in [3.8, 4) is 5.75 Å². The summed E-state index contributed by atoms with van der Waals surface area (Å²) in [6.07, 6.45) is 5.85. The third-order valence-corrected chi connectivity index (χ3v) is 3.76. The van der Waals surface area contributed by atoms with Crippen LogP contribution in [-0.4, -0.2) is 32.8 Å². The number of esters is 2. The maximum absolute atomic E-state index is 15.0. The Hall–Kier alpha value is -2.80. The molecule has 1 aliphatic heterocycles. The van der Waals surface area contributed by atoms with Crippen molar-refractivity contribution < 1.29 is 28.2 Å². The molecule has 6 nitrogen and oxygen atoms in total. The summed E-state index contributed by atoms with van der Waals surface area (Å²) >= 11 is 5.99. The van der Waals surface area contributed by atoms with Crippen molar-refractivity contribution in [2.45, 2.75) is 6.92 Å². The van der Waals surface area contributed by atoms with Gasteiger partial charge in [0.25, 0.3) is 0 Å². The van der Waals surface area contributed by atoms with E-state index in [2.05, 4.69) is 0 Å². The number of hydrogen-bond acceptors (Lipinski definition) is 6. The first-order chi connectivity index (χ1) is 12.5. The second-order valence-electron chi connectivity index (χ2n) is 4.96. The minimum atomic E-state index is -0.839. The highest BCUT2D eigenvalue weighted by Crippen LogP contribution is 2.37. The van der Waals surface area contributed by atoms with Crippen molar-refractivity contribution in [3.63, 3.8) is 0 Å². The van der Waals surface area contributed by atoms with E-state index in [1.807, 2.05) is 0 Å². The molecule has 0 unspecified atom stereocenters. The number of hydrogen-bond donors (Lipinski definition) is 0. The summed E-state index contributed by atoms with van der Waals surface area (Å²) in [6, 6.07) is 2.80. The summed E-state index contributed by atoms with van der Waals surface area (Å²) in [7, 11) is 2.33. The maximum atomic E-state index is 15.0. The smallest absolute Gasteiger partial charge is 0.355 e. The molecule has 26 heavy (non-hydrogen) atoms. The molecule has 0 N–H and O–H groups in total. The first-order valence-corrected chi connectivity index (χ1v) is 7.99. The monoisotopic (exact) mass is 381 g/mol. The Kier molecular flexibility index (Phi) is 6.41. The van der Waals surface area contributed by atoms with Gasteiger partial charge in [-0.25, -0.2) is 14.0 Å². The maximum Gasteiger partial charge on any atom is 0.355 e. The van der Waals surface area contributed by atoms with Crippen LogP contribution in [0.2, 0.25) is 5.02 Å². The molecule has 2 rings (SSSR count). The molecule has 0 atom stereocenters. The van der Waals surface area contributed by atoms with E-state index in [1.165, 1.54) is 48.6 Å². The Morgan fingerprint density at radius 2 is 1.85 bits per heavy atom. The summed E-state index contributed by atoms with van der Waals surface area (Å²) in [6.45, 7) is 1.89. The van der Waals surface area contributed by atoms with Crippen LogP contribution in [0, 0.1) is 5.82 Å². The van der Waals surface area contributed by atoms with Gasteiger partial charge in [-0.3, -0.25) is 0 Å². The molecule has 0 fully saturated rings. The molecule has 0 amide bonds. The quantitative estimate of drug-likeness (QED) is 0.729. The topological polar surface area (TPSA) is 65.1 Å². The number of anilines is 1. The summed E-state index contributed by atoms with van der Waals surface area (Å²) < 4.78 is 29.7. The van der Waals surface area contributed by atoms with E-state index in [4.69, 9.17) is 25.8 Å². The van der Waals surface area contributed by atoms with E-state index in [1.54, 1.807) is 6.92 Å². The average Bonchev–Trinajstić information content (AvgIpc) is 2.86.